The van der Waals surface area contributed by atoms with E-state index in [1.54, 1.807) is 18.5 Å². The number of benzene rings is 1. The average molecular weight is 488 g/mol. The summed E-state index contributed by atoms with van der Waals surface area (Å²) >= 11 is 0. The Morgan fingerprint density at radius 1 is 1.03 bits per heavy atom. The lowest BCUT2D eigenvalue weighted by Crippen LogP contribution is -2.25. The molecular weight excluding hydrogens is 462 g/mol. The highest BCUT2D eigenvalue weighted by molar-refractivity contribution is 7.93. The van der Waals surface area contributed by atoms with E-state index in [1.807, 2.05) is 30.7 Å². The van der Waals surface area contributed by atoms with E-state index < -0.39 is 10.0 Å². The van der Waals surface area contributed by atoms with Gasteiger partial charge in [-0.3, -0.25) is 4.31 Å². The number of hydrogen-bond acceptors (Lipinski definition) is 6. The molecule has 0 aliphatic carbocycles. The molecule has 1 aromatic carbocycles. The molecule has 0 unspecified atom stereocenters. The van der Waals surface area contributed by atoms with Gasteiger partial charge in [0.15, 0.2) is 5.65 Å². The Balaban J connectivity index is 1.44. The maximum atomic E-state index is 12.4. The third-order valence-corrected chi connectivity index (χ3v) is 8.20. The molecule has 10 heteroatoms. The molecule has 1 aliphatic heterocycles. The monoisotopic (exact) mass is 487 g/mol. The zero-order valence-electron chi connectivity index (χ0n) is 19.7. The molecule has 0 amide bonds. The molecular formula is C25H25N7O2S. The van der Waals surface area contributed by atoms with Crippen LogP contribution in [0.1, 0.15) is 27.2 Å². The lowest BCUT2D eigenvalue weighted by atomic mass is 10.1. The average Bonchev–Trinajstić information content (AvgIpc) is 3.53. The summed E-state index contributed by atoms with van der Waals surface area (Å²) in [5.41, 5.74) is 6.70. The second-order valence-electron chi connectivity index (χ2n) is 9.79. The number of nitrogens with one attached hydrogen (secondary N) is 1. The molecule has 1 aliphatic rings. The summed E-state index contributed by atoms with van der Waals surface area (Å²) in [5, 5.41) is 0. The smallest absolute Gasteiger partial charge is 0.236 e. The molecule has 35 heavy (non-hydrogen) atoms. The van der Waals surface area contributed by atoms with Gasteiger partial charge in [-0.05, 0) is 57.0 Å². The Labute approximate surface area is 202 Å². The van der Waals surface area contributed by atoms with Crippen molar-refractivity contribution in [2.45, 2.75) is 32.7 Å². The van der Waals surface area contributed by atoms with Crippen molar-refractivity contribution in [1.29, 1.82) is 0 Å². The Hall–Kier alpha value is -3.79. The maximum absolute atomic E-state index is 12.4. The quantitative estimate of drug-likeness (QED) is 0.406. The summed E-state index contributed by atoms with van der Waals surface area (Å²) < 4.78 is 28.3. The minimum atomic E-state index is -3.31. The largest absolute Gasteiger partial charge is 0.344 e. The first-order chi connectivity index (χ1) is 16.7. The molecule has 178 valence electrons. The van der Waals surface area contributed by atoms with Gasteiger partial charge in [-0.1, -0.05) is 6.07 Å². The van der Waals surface area contributed by atoms with Gasteiger partial charge in [0.1, 0.15) is 11.3 Å². The molecule has 0 saturated carbocycles. The molecule has 0 atom stereocenters. The van der Waals surface area contributed by atoms with Gasteiger partial charge in [0.25, 0.3) is 0 Å². The number of pyridine rings is 1. The van der Waals surface area contributed by atoms with Crippen molar-refractivity contribution in [2.24, 2.45) is 0 Å². The van der Waals surface area contributed by atoms with Gasteiger partial charge in [-0.2, -0.15) is 0 Å². The molecule has 4 aromatic heterocycles. The van der Waals surface area contributed by atoms with E-state index >= 15 is 0 Å². The molecule has 0 radical (unpaired) electrons. The topological polar surface area (TPSA) is 110 Å². The van der Waals surface area contributed by atoms with Gasteiger partial charge >= 0.3 is 0 Å². The van der Waals surface area contributed by atoms with E-state index in [4.69, 9.17) is 4.98 Å². The van der Waals surface area contributed by atoms with Crippen molar-refractivity contribution in [1.82, 2.24) is 29.5 Å². The molecule has 0 spiro atoms. The predicted octanol–water partition coefficient (Wildman–Crippen LogP) is 4.33. The zero-order chi connectivity index (χ0) is 24.4. The van der Waals surface area contributed by atoms with Crippen LogP contribution < -0.4 is 4.31 Å². The number of fused-ring (bicyclic) bond motifs is 2. The number of sulfonamides is 1. The molecule has 1 saturated heterocycles. The zero-order valence-corrected chi connectivity index (χ0v) is 20.5. The Bertz CT molecular complexity index is 1700. The van der Waals surface area contributed by atoms with Gasteiger partial charge < -0.3 is 9.55 Å². The molecule has 0 bridgehead atoms. The van der Waals surface area contributed by atoms with E-state index in [-0.39, 0.29) is 11.3 Å². The van der Waals surface area contributed by atoms with Crippen LogP contribution in [0, 0.1) is 0 Å². The number of anilines is 1. The maximum Gasteiger partial charge on any atom is 0.236 e. The van der Waals surface area contributed by atoms with Gasteiger partial charge in [0.05, 0.1) is 35.0 Å². The van der Waals surface area contributed by atoms with Crippen molar-refractivity contribution in [2.75, 3.05) is 16.6 Å². The SMILES string of the molecule is CC(C)(C)n1cnc2ccc(-c3c[nH]c4ncc(-c5ccnc(N6CCCS6(=O)=O)c5)nc34)cc21. The molecule has 1 fully saturated rings. The molecule has 5 heterocycles. The molecule has 1 N–H and O–H groups in total. The fourth-order valence-corrected chi connectivity index (χ4v) is 6.08. The Morgan fingerprint density at radius 2 is 1.89 bits per heavy atom. The van der Waals surface area contributed by atoms with Crippen LogP contribution in [0.2, 0.25) is 0 Å². The van der Waals surface area contributed by atoms with Crippen LogP contribution in [0.25, 0.3) is 44.6 Å². The standard InChI is InChI=1S/C25H25N7O2S/c1-25(2,3)31-15-29-19-6-5-16(11-21(19)31)18-13-27-24-23(18)30-20(14-28-24)17-7-8-26-22(12-17)32-9-4-10-35(32,33)34/h5-8,11-15H,4,9-10H2,1-3H3,(H,27,28). The van der Waals surface area contributed by atoms with Gasteiger partial charge in [-0.15, -0.1) is 0 Å². The highest BCUT2D eigenvalue weighted by Crippen LogP contribution is 2.32. The van der Waals surface area contributed by atoms with E-state index in [1.165, 1.54) is 4.31 Å². The predicted molar refractivity (Wildman–Crippen MR) is 137 cm³/mol. The highest BCUT2D eigenvalue weighted by atomic mass is 32.2. The van der Waals surface area contributed by atoms with Gasteiger partial charge in [0, 0.05) is 35.6 Å². The van der Waals surface area contributed by atoms with Gasteiger partial charge in [-0.25, -0.2) is 28.4 Å². The van der Waals surface area contributed by atoms with Crippen LogP contribution in [-0.4, -0.2) is 50.2 Å². The van der Waals surface area contributed by atoms with Crippen molar-refractivity contribution >= 4 is 38.0 Å². The summed E-state index contributed by atoms with van der Waals surface area (Å²) in [7, 11) is -3.31. The van der Waals surface area contributed by atoms with Gasteiger partial charge in [0.2, 0.25) is 10.0 Å². The Morgan fingerprint density at radius 3 is 2.66 bits per heavy atom. The van der Waals surface area contributed by atoms with Crippen LogP contribution in [0.3, 0.4) is 0 Å². The van der Waals surface area contributed by atoms with Crippen LogP contribution in [0.5, 0.6) is 0 Å². The van der Waals surface area contributed by atoms with E-state index in [2.05, 4.69) is 51.3 Å². The third-order valence-electron chi connectivity index (χ3n) is 6.36. The van der Waals surface area contributed by atoms with Crippen LogP contribution in [-0.2, 0) is 15.6 Å². The first-order valence-electron chi connectivity index (χ1n) is 11.5. The minimum absolute atomic E-state index is 0.0948. The normalized spacial score (nSPS) is 15.9. The minimum Gasteiger partial charge on any atom is -0.344 e. The van der Waals surface area contributed by atoms with E-state index in [0.29, 0.717) is 30.1 Å². The third kappa shape index (κ3) is 3.65. The number of aromatic amines is 1. The second kappa shape index (κ2) is 7.61. The number of H-pyrrole nitrogens is 1. The highest BCUT2D eigenvalue weighted by Gasteiger charge is 2.29. The van der Waals surface area contributed by atoms with Crippen LogP contribution in [0.15, 0.2) is 55.2 Å². The van der Waals surface area contributed by atoms with Crippen molar-refractivity contribution in [3.05, 3.63) is 55.2 Å². The lowest BCUT2D eigenvalue weighted by molar-refractivity contribution is 0.408. The Kier molecular flexibility index (Phi) is 4.72. The van der Waals surface area contributed by atoms with Crippen molar-refractivity contribution in [3.8, 4) is 22.4 Å². The summed E-state index contributed by atoms with van der Waals surface area (Å²) in [5.74, 6) is 0.563. The lowest BCUT2D eigenvalue weighted by Gasteiger charge is -2.21. The molecule has 5 aromatic rings. The number of rotatable bonds is 3. The molecule has 9 nitrogen and oxygen atoms in total. The summed E-state index contributed by atoms with van der Waals surface area (Å²) in [6, 6.07) is 9.78. The summed E-state index contributed by atoms with van der Waals surface area (Å²) in [6.07, 6.45) is 7.71. The number of aromatic nitrogens is 6. The summed E-state index contributed by atoms with van der Waals surface area (Å²) in [6.45, 7) is 6.90. The first-order valence-corrected chi connectivity index (χ1v) is 13.1. The van der Waals surface area contributed by atoms with E-state index in [0.717, 1.165) is 33.2 Å². The van der Waals surface area contributed by atoms with E-state index in [9.17, 15) is 8.42 Å². The van der Waals surface area contributed by atoms with Crippen molar-refractivity contribution < 1.29 is 8.42 Å². The second-order valence-corrected chi connectivity index (χ2v) is 11.8. The summed E-state index contributed by atoms with van der Waals surface area (Å²) in [4.78, 5) is 21.6. The number of hydrogen-bond donors (Lipinski definition) is 1. The number of nitrogens with zero attached hydrogens (tertiary/aromatic N) is 6. The van der Waals surface area contributed by atoms with Crippen molar-refractivity contribution in [3.63, 3.8) is 0 Å². The molecule has 6 rings (SSSR count). The number of imidazole rings is 1. The fraction of sp³-hybridized carbons (Fsp3) is 0.280. The fourth-order valence-electron chi connectivity index (χ4n) is 4.57. The van der Waals surface area contributed by atoms with Crippen LogP contribution in [0.4, 0.5) is 5.82 Å². The van der Waals surface area contributed by atoms with Crippen LogP contribution >= 0.6 is 0 Å². The first kappa shape index (κ1) is 21.7.